The Morgan fingerprint density at radius 1 is 0.397 bits per heavy atom. The van der Waals surface area contributed by atoms with Crippen LogP contribution >= 0.6 is 0 Å². The van der Waals surface area contributed by atoms with Gasteiger partial charge in [0.1, 0.15) is 17.0 Å². The summed E-state index contributed by atoms with van der Waals surface area (Å²) >= 11 is 0. The van der Waals surface area contributed by atoms with Crippen molar-refractivity contribution in [3.63, 3.8) is 0 Å². The fraction of sp³-hybridized carbons (Fsp3) is 0. The summed E-state index contributed by atoms with van der Waals surface area (Å²) < 4.78 is 24.5. The highest BCUT2D eigenvalue weighted by Crippen LogP contribution is 2.45. The van der Waals surface area contributed by atoms with E-state index in [2.05, 4.69) is 167 Å². The highest BCUT2D eigenvalue weighted by Gasteiger charge is 2.22. The average Bonchev–Trinajstić information content (AvgIpc) is 3.84. The van der Waals surface area contributed by atoms with Crippen LogP contribution in [0.5, 0.6) is 0 Å². The number of hydrogen-bond acceptors (Lipinski definition) is 2. The van der Waals surface area contributed by atoms with Gasteiger partial charge in [0, 0.05) is 49.6 Å². The van der Waals surface area contributed by atoms with Gasteiger partial charge < -0.3 is 13.9 Å². The summed E-state index contributed by atoms with van der Waals surface area (Å²) in [6, 6.07) is 72.9. The van der Waals surface area contributed by atoms with Gasteiger partial charge in [0.15, 0.2) is 0 Å². The molecule has 0 aliphatic carbocycles. The van der Waals surface area contributed by atoms with Crippen LogP contribution in [0.1, 0.15) is 0 Å². The van der Waals surface area contributed by atoms with Crippen molar-refractivity contribution < 1.29 is 8.81 Å². The number of hydrogen-bond donors (Lipinski definition) is 0. The molecule has 274 valence electrons. The highest BCUT2D eigenvalue weighted by molar-refractivity contribution is 6.11. The second-order valence-corrected chi connectivity index (χ2v) is 14.6. The number of rotatable bonds is 7. The van der Waals surface area contributed by atoms with E-state index < -0.39 is 0 Å². The summed E-state index contributed by atoms with van der Waals surface area (Å²) in [5.41, 5.74) is 13.6. The summed E-state index contributed by atoms with van der Waals surface area (Å²) in [4.78, 5) is 2.32. The third kappa shape index (κ3) is 5.49. The number of fused-ring (bicyclic) bond motifs is 6. The van der Waals surface area contributed by atoms with Gasteiger partial charge in [-0.2, -0.15) is 0 Å². The first kappa shape index (κ1) is 33.6. The smallest absolute Gasteiger partial charge is 0.147 e. The van der Waals surface area contributed by atoms with E-state index in [1.807, 2.05) is 42.5 Å². The first-order valence-electron chi connectivity index (χ1n) is 19.5. The summed E-state index contributed by atoms with van der Waals surface area (Å²) in [7, 11) is 0. The number of nitrogens with zero attached hydrogens (tertiary/aromatic N) is 2. The Kier molecular flexibility index (Phi) is 8.00. The minimum absolute atomic E-state index is 0.254. The zero-order valence-electron chi connectivity index (χ0n) is 31.4. The van der Waals surface area contributed by atoms with Crippen molar-refractivity contribution in [2.24, 2.45) is 0 Å². The molecule has 2 heterocycles. The van der Waals surface area contributed by atoms with Crippen LogP contribution in [-0.4, -0.2) is 4.57 Å². The number of para-hydroxylation sites is 6. The van der Waals surface area contributed by atoms with Gasteiger partial charge in [0.2, 0.25) is 0 Å². The second-order valence-electron chi connectivity index (χ2n) is 14.6. The van der Waals surface area contributed by atoms with Crippen molar-refractivity contribution >= 4 is 60.8 Å². The maximum atomic E-state index is 16.0. The molecule has 0 bridgehead atoms. The molecule has 4 heteroatoms. The zero-order chi connectivity index (χ0) is 38.6. The molecule has 2 aromatic heterocycles. The zero-order valence-corrected chi connectivity index (χ0v) is 31.4. The van der Waals surface area contributed by atoms with Gasteiger partial charge in [-0.05, 0) is 71.3 Å². The lowest BCUT2D eigenvalue weighted by Gasteiger charge is -2.29. The van der Waals surface area contributed by atoms with Gasteiger partial charge in [-0.25, -0.2) is 4.39 Å². The maximum absolute atomic E-state index is 16.0. The second kappa shape index (κ2) is 13.8. The number of benzene rings is 9. The van der Waals surface area contributed by atoms with E-state index in [1.165, 1.54) is 0 Å². The highest BCUT2D eigenvalue weighted by atomic mass is 19.1. The molecule has 0 saturated heterocycles. The first-order chi connectivity index (χ1) is 28.7. The minimum Gasteiger partial charge on any atom is -0.455 e. The van der Waals surface area contributed by atoms with Gasteiger partial charge in [-0.3, -0.25) is 0 Å². The summed E-state index contributed by atoms with van der Waals surface area (Å²) in [6.45, 7) is 0. The fourth-order valence-corrected chi connectivity index (χ4v) is 8.65. The minimum atomic E-state index is -0.254. The predicted octanol–water partition coefficient (Wildman–Crippen LogP) is 15.3. The van der Waals surface area contributed by atoms with Crippen LogP contribution in [-0.2, 0) is 0 Å². The number of halogens is 1. The normalized spacial score (nSPS) is 11.5. The predicted molar refractivity (Wildman–Crippen MR) is 239 cm³/mol. The quantitative estimate of drug-likeness (QED) is 0.162. The molecule has 0 aliphatic rings. The number of aromatic nitrogens is 1. The maximum Gasteiger partial charge on any atom is 0.147 e. The van der Waals surface area contributed by atoms with Crippen molar-refractivity contribution in [1.29, 1.82) is 0 Å². The SMILES string of the molecule is Fc1cccc2c3ccccc3n(-c3ccccc3-c3ccccc3N(c3ccc(-c4ccccc4)cc3)c3ccc(-c4cccc5c4oc4ccccc45)cc3)c12. The molecular formula is C54H35FN2O. The van der Waals surface area contributed by atoms with Crippen LogP contribution in [0.4, 0.5) is 21.5 Å². The Morgan fingerprint density at radius 3 is 1.78 bits per heavy atom. The standard InChI is InChI=1S/C54H35FN2O/c55-48-23-13-21-46-44-18-6-10-26-51(44)57(53(46)48)50-25-9-5-17-43(50)42-16-4-8-24-49(42)56(39-32-28-37(29-33-39)36-14-2-1-3-15-36)40-34-30-38(31-35-40)41-20-12-22-47-45-19-7-11-27-52(45)58-54(41)47/h1-35H. The Hall–Kier alpha value is -7.69. The van der Waals surface area contributed by atoms with E-state index in [1.54, 1.807) is 12.1 Å². The van der Waals surface area contributed by atoms with Crippen molar-refractivity contribution in [2.45, 2.75) is 0 Å². The fourth-order valence-electron chi connectivity index (χ4n) is 8.65. The van der Waals surface area contributed by atoms with Gasteiger partial charge in [-0.15, -0.1) is 0 Å². The van der Waals surface area contributed by atoms with Crippen molar-refractivity contribution in [3.8, 4) is 39.1 Å². The third-order valence-corrected chi connectivity index (χ3v) is 11.3. The molecule has 0 radical (unpaired) electrons. The molecule has 0 unspecified atom stereocenters. The van der Waals surface area contributed by atoms with E-state index in [-0.39, 0.29) is 5.82 Å². The Labute approximate surface area is 335 Å². The van der Waals surface area contributed by atoms with Gasteiger partial charge in [-0.1, -0.05) is 158 Å². The first-order valence-corrected chi connectivity index (χ1v) is 19.5. The van der Waals surface area contributed by atoms with E-state index in [0.717, 1.165) is 94.4 Å². The van der Waals surface area contributed by atoms with Gasteiger partial charge in [0.05, 0.1) is 22.4 Å². The van der Waals surface area contributed by atoms with E-state index in [9.17, 15) is 0 Å². The van der Waals surface area contributed by atoms with Crippen LogP contribution in [0.3, 0.4) is 0 Å². The average molecular weight is 747 g/mol. The summed E-state index contributed by atoms with van der Waals surface area (Å²) in [6.07, 6.45) is 0. The Morgan fingerprint density at radius 2 is 0.966 bits per heavy atom. The summed E-state index contributed by atoms with van der Waals surface area (Å²) in [5.74, 6) is -0.254. The third-order valence-electron chi connectivity index (χ3n) is 11.3. The Bertz CT molecular complexity index is 3290. The van der Waals surface area contributed by atoms with E-state index in [0.29, 0.717) is 5.52 Å². The number of anilines is 3. The van der Waals surface area contributed by atoms with Crippen molar-refractivity contribution in [3.05, 3.63) is 218 Å². The topological polar surface area (TPSA) is 21.3 Å². The van der Waals surface area contributed by atoms with E-state index >= 15 is 4.39 Å². The van der Waals surface area contributed by atoms with Crippen LogP contribution < -0.4 is 4.90 Å². The lowest BCUT2D eigenvalue weighted by Crippen LogP contribution is -2.11. The van der Waals surface area contributed by atoms with Crippen LogP contribution in [0, 0.1) is 5.82 Å². The molecule has 0 atom stereocenters. The Balaban J connectivity index is 1.09. The molecule has 0 aliphatic heterocycles. The molecular weight excluding hydrogens is 712 g/mol. The molecule has 3 nitrogen and oxygen atoms in total. The van der Waals surface area contributed by atoms with Gasteiger partial charge >= 0.3 is 0 Å². The monoisotopic (exact) mass is 746 g/mol. The molecule has 11 rings (SSSR count). The number of furan rings is 1. The molecule has 9 aromatic carbocycles. The molecule has 0 N–H and O–H groups in total. The van der Waals surface area contributed by atoms with Crippen LogP contribution in [0.2, 0.25) is 0 Å². The molecule has 0 amide bonds. The van der Waals surface area contributed by atoms with Crippen LogP contribution in [0.15, 0.2) is 217 Å². The molecule has 0 fully saturated rings. The summed E-state index contributed by atoms with van der Waals surface area (Å²) in [5, 5.41) is 4.12. The van der Waals surface area contributed by atoms with Crippen molar-refractivity contribution in [1.82, 2.24) is 4.57 Å². The lowest BCUT2D eigenvalue weighted by atomic mass is 9.98. The molecule has 58 heavy (non-hydrogen) atoms. The van der Waals surface area contributed by atoms with Crippen molar-refractivity contribution in [2.75, 3.05) is 4.90 Å². The van der Waals surface area contributed by atoms with E-state index in [4.69, 9.17) is 4.42 Å². The van der Waals surface area contributed by atoms with Gasteiger partial charge in [0.25, 0.3) is 0 Å². The lowest BCUT2D eigenvalue weighted by molar-refractivity contribution is 0.635. The molecule has 0 spiro atoms. The molecule has 11 aromatic rings. The largest absolute Gasteiger partial charge is 0.455 e. The molecule has 0 saturated carbocycles. The van der Waals surface area contributed by atoms with Crippen LogP contribution in [0.25, 0.3) is 82.8 Å².